The van der Waals surface area contributed by atoms with Gasteiger partial charge in [0.25, 0.3) is 0 Å². The molecule has 1 nitrogen and oxygen atoms in total. The van der Waals surface area contributed by atoms with Crippen LogP contribution in [-0.4, -0.2) is 5.11 Å². The molecule has 80 valence electrons. The lowest BCUT2D eigenvalue weighted by Gasteiger charge is -2.19. The van der Waals surface area contributed by atoms with Crippen LogP contribution in [0.3, 0.4) is 0 Å². The second-order valence-corrected chi connectivity index (χ2v) is 7.25. The van der Waals surface area contributed by atoms with Gasteiger partial charge in [-0.15, -0.1) is 11.3 Å². The molecular formula is C11H17BrOS. The predicted octanol–water partition coefficient (Wildman–Crippen LogP) is 4.37. The molecule has 0 amide bonds. The number of thiophene rings is 1. The first-order chi connectivity index (χ1) is 6.38. The molecule has 0 fully saturated rings. The van der Waals surface area contributed by atoms with Gasteiger partial charge in [-0.3, -0.25) is 0 Å². The Bertz CT molecular complexity index is 288. The van der Waals surface area contributed by atoms with Gasteiger partial charge in [-0.1, -0.05) is 20.8 Å². The van der Waals surface area contributed by atoms with Gasteiger partial charge < -0.3 is 5.11 Å². The van der Waals surface area contributed by atoms with Crippen molar-refractivity contribution in [2.45, 2.75) is 39.7 Å². The normalized spacial score (nSPS) is 14.4. The second kappa shape index (κ2) is 4.77. The van der Waals surface area contributed by atoms with E-state index >= 15 is 0 Å². The fraction of sp³-hybridized carbons (Fsp3) is 0.636. The molecule has 0 spiro atoms. The predicted molar refractivity (Wildman–Crippen MR) is 65.7 cm³/mol. The molecule has 0 bridgehead atoms. The van der Waals surface area contributed by atoms with Gasteiger partial charge in [-0.05, 0) is 46.3 Å². The average Bonchev–Trinajstić information content (AvgIpc) is 2.46. The smallest absolute Gasteiger partial charge is 0.0882 e. The fourth-order valence-corrected chi connectivity index (χ4v) is 2.66. The number of hydrogen-bond donors (Lipinski definition) is 1. The van der Waals surface area contributed by atoms with Crippen LogP contribution in [0.25, 0.3) is 0 Å². The van der Waals surface area contributed by atoms with Crippen molar-refractivity contribution >= 4 is 27.3 Å². The van der Waals surface area contributed by atoms with Crippen molar-refractivity contribution in [2.75, 3.05) is 0 Å². The summed E-state index contributed by atoms with van der Waals surface area (Å²) in [7, 11) is 0. The van der Waals surface area contributed by atoms with Crippen LogP contribution in [0.15, 0.2) is 15.9 Å². The molecule has 1 unspecified atom stereocenters. The molecule has 1 N–H and O–H groups in total. The number of aliphatic hydroxyl groups is 1. The highest BCUT2D eigenvalue weighted by Crippen LogP contribution is 2.32. The molecule has 1 heterocycles. The van der Waals surface area contributed by atoms with E-state index in [2.05, 4.69) is 36.7 Å². The van der Waals surface area contributed by atoms with Crippen LogP contribution >= 0.6 is 27.3 Å². The van der Waals surface area contributed by atoms with Crippen LogP contribution in [-0.2, 0) is 0 Å². The minimum Gasteiger partial charge on any atom is -0.388 e. The standard InChI is InChI=1S/C11H17BrOS/c1-11(2,3)7-6-8(13)9-4-5-10(12)14-9/h4-5,8,13H,6-7H2,1-3H3. The molecule has 0 aliphatic carbocycles. The van der Waals surface area contributed by atoms with Gasteiger partial charge in [-0.25, -0.2) is 0 Å². The molecule has 1 rings (SSSR count). The number of rotatable bonds is 3. The summed E-state index contributed by atoms with van der Waals surface area (Å²) >= 11 is 5.01. The fourth-order valence-electron chi connectivity index (χ4n) is 1.22. The van der Waals surface area contributed by atoms with E-state index in [-0.39, 0.29) is 6.10 Å². The van der Waals surface area contributed by atoms with Crippen molar-refractivity contribution in [1.29, 1.82) is 0 Å². The van der Waals surface area contributed by atoms with E-state index in [1.54, 1.807) is 11.3 Å². The van der Waals surface area contributed by atoms with Crippen LogP contribution in [0.2, 0.25) is 0 Å². The lowest BCUT2D eigenvalue weighted by Crippen LogP contribution is -2.07. The molecule has 1 atom stereocenters. The van der Waals surface area contributed by atoms with Crippen LogP contribution in [0.1, 0.15) is 44.6 Å². The van der Waals surface area contributed by atoms with Gasteiger partial charge in [0.1, 0.15) is 0 Å². The first kappa shape index (κ1) is 12.2. The Hall–Kier alpha value is 0.140. The van der Waals surface area contributed by atoms with Gasteiger partial charge in [0.05, 0.1) is 9.89 Å². The van der Waals surface area contributed by atoms with Crippen molar-refractivity contribution in [1.82, 2.24) is 0 Å². The monoisotopic (exact) mass is 276 g/mol. The van der Waals surface area contributed by atoms with Crippen molar-refractivity contribution < 1.29 is 5.11 Å². The molecule has 14 heavy (non-hydrogen) atoms. The zero-order valence-corrected chi connectivity index (χ0v) is 11.3. The third-order valence-corrected chi connectivity index (χ3v) is 3.82. The number of hydrogen-bond acceptors (Lipinski definition) is 2. The molecule has 0 aliphatic rings. The highest BCUT2D eigenvalue weighted by Gasteiger charge is 2.15. The third-order valence-electron chi connectivity index (χ3n) is 2.09. The largest absolute Gasteiger partial charge is 0.388 e. The van der Waals surface area contributed by atoms with Crippen molar-refractivity contribution in [3.8, 4) is 0 Å². The van der Waals surface area contributed by atoms with Crippen molar-refractivity contribution in [3.63, 3.8) is 0 Å². The van der Waals surface area contributed by atoms with Crippen molar-refractivity contribution in [2.24, 2.45) is 5.41 Å². The zero-order valence-electron chi connectivity index (χ0n) is 8.88. The van der Waals surface area contributed by atoms with Crippen LogP contribution in [0, 0.1) is 5.41 Å². The second-order valence-electron chi connectivity index (χ2n) is 4.76. The summed E-state index contributed by atoms with van der Waals surface area (Å²) in [4.78, 5) is 1.06. The average molecular weight is 277 g/mol. The van der Waals surface area contributed by atoms with E-state index in [1.165, 1.54) is 0 Å². The Balaban J connectivity index is 2.47. The summed E-state index contributed by atoms with van der Waals surface area (Å²) in [5.74, 6) is 0. The van der Waals surface area contributed by atoms with Crippen LogP contribution in [0.4, 0.5) is 0 Å². The van der Waals surface area contributed by atoms with E-state index in [4.69, 9.17) is 0 Å². The topological polar surface area (TPSA) is 20.2 Å². The van der Waals surface area contributed by atoms with Gasteiger partial charge in [0.15, 0.2) is 0 Å². The summed E-state index contributed by atoms with van der Waals surface area (Å²) in [5.41, 5.74) is 0.301. The molecule has 3 heteroatoms. The Morgan fingerprint density at radius 3 is 2.50 bits per heavy atom. The summed E-state index contributed by atoms with van der Waals surface area (Å²) in [5, 5.41) is 9.89. The van der Waals surface area contributed by atoms with Crippen molar-refractivity contribution in [3.05, 3.63) is 20.8 Å². The Morgan fingerprint density at radius 2 is 2.07 bits per heavy atom. The SMILES string of the molecule is CC(C)(C)CCC(O)c1ccc(Br)s1. The summed E-state index contributed by atoms with van der Waals surface area (Å²) in [6.07, 6.45) is 1.59. The summed E-state index contributed by atoms with van der Waals surface area (Å²) < 4.78 is 1.09. The lowest BCUT2D eigenvalue weighted by atomic mass is 9.89. The van der Waals surface area contributed by atoms with E-state index in [0.717, 1.165) is 21.5 Å². The summed E-state index contributed by atoms with van der Waals surface area (Å²) in [6.45, 7) is 6.60. The number of aliphatic hydroxyl groups excluding tert-OH is 1. The van der Waals surface area contributed by atoms with Crippen LogP contribution < -0.4 is 0 Å². The molecule has 0 aliphatic heterocycles. The molecule has 0 aromatic carbocycles. The Labute approximate surface area is 98.3 Å². The maximum absolute atomic E-state index is 9.89. The van der Waals surface area contributed by atoms with Gasteiger partial charge in [0, 0.05) is 4.88 Å². The Morgan fingerprint density at radius 1 is 1.43 bits per heavy atom. The molecule has 0 saturated carbocycles. The highest BCUT2D eigenvalue weighted by molar-refractivity contribution is 9.11. The first-order valence-electron chi connectivity index (χ1n) is 4.82. The lowest BCUT2D eigenvalue weighted by molar-refractivity contribution is 0.151. The molecular weight excluding hydrogens is 260 g/mol. The van der Waals surface area contributed by atoms with E-state index in [0.29, 0.717) is 5.41 Å². The molecule has 0 saturated heterocycles. The third kappa shape index (κ3) is 4.11. The van der Waals surface area contributed by atoms with Crippen LogP contribution in [0.5, 0.6) is 0 Å². The maximum Gasteiger partial charge on any atom is 0.0882 e. The van der Waals surface area contributed by atoms with E-state index in [1.807, 2.05) is 12.1 Å². The van der Waals surface area contributed by atoms with Gasteiger partial charge in [-0.2, -0.15) is 0 Å². The Kier molecular flexibility index (Phi) is 4.16. The quantitative estimate of drug-likeness (QED) is 0.869. The van der Waals surface area contributed by atoms with E-state index < -0.39 is 0 Å². The number of halogens is 1. The van der Waals surface area contributed by atoms with Gasteiger partial charge in [0.2, 0.25) is 0 Å². The molecule has 0 radical (unpaired) electrons. The minimum absolute atomic E-state index is 0.300. The minimum atomic E-state index is -0.300. The summed E-state index contributed by atoms with van der Waals surface area (Å²) in [6, 6.07) is 3.97. The first-order valence-corrected chi connectivity index (χ1v) is 6.43. The van der Waals surface area contributed by atoms with Gasteiger partial charge >= 0.3 is 0 Å². The van der Waals surface area contributed by atoms with E-state index in [9.17, 15) is 5.11 Å². The zero-order chi connectivity index (χ0) is 10.8. The molecule has 1 aromatic rings. The molecule has 1 aromatic heterocycles. The highest BCUT2D eigenvalue weighted by atomic mass is 79.9. The maximum atomic E-state index is 9.89.